The number of fused-ring (bicyclic) bond motifs is 2. The van der Waals surface area contributed by atoms with Gasteiger partial charge in [0.15, 0.2) is 11.2 Å². The zero-order valence-corrected chi connectivity index (χ0v) is 31.2. The van der Waals surface area contributed by atoms with Crippen molar-refractivity contribution in [1.82, 2.24) is 19.8 Å². The largest absolute Gasteiger partial charge is 0.480 e. The van der Waals surface area contributed by atoms with Crippen LogP contribution in [-0.2, 0) is 17.9 Å². The molecule has 1 N–H and O–H groups in total. The van der Waals surface area contributed by atoms with Gasteiger partial charge in [-0.3, -0.25) is 14.6 Å². The normalized spacial score (nSPS) is 18.8. The van der Waals surface area contributed by atoms with Gasteiger partial charge in [0, 0.05) is 67.0 Å². The lowest BCUT2D eigenvalue weighted by Crippen LogP contribution is -2.50. The van der Waals surface area contributed by atoms with Gasteiger partial charge >= 0.3 is 19.2 Å². The molecule has 10 nitrogen and oxygen atoms in total. The smallest absolute Gasteiger partial charge is 0.387 e. The maximum atomic E-state index is 13.8. The van der Waals surface area contributed by atoms with Crippen LogP contribution < -0.4 is 9.47 Å². The van der Waals surface area contributed by atoms with Crippen molar-refractivity contribution in [1.29, 1.82) is 0 Å². The van der Waals surface area contributed by atoms with Gasteiger partial charge < -0.3 is 23.4 Å². The van der Waals surface area contributed by atoms with E-state index in [-0.39, 0.29) is 67.0 Å². The molecule has 4 aromatic carbocycles. The first-order valence-corrected chi connectivity index (χ1v) is 18.7. The Hall–Kier alpha value is -5.61. The summed E-state index contributed by atoms with van der Waals surface area (Å²) in [6.45, 7) is -1.36. The van der Waals surface area contributed by atoms with Crippen LogP contribution in [0, 0.1) is 19.3 Å². The first-order chi connectivity index (χ1) is 27.7. The molecule has 0 radical (unpaired) electrons. The fourth-order valence-corrected chi connectivity index (χ4v) is 8.60. The Labute approximate surface area is 327 Å². The summed E-state index contributed by atoms with van der Waals surface area (Å²) in [5.41, 5.74) is 5.48. The number of aromatic nitrogens is 2. The molecular weight excluding hydrogens is 770 g/mol. The van der Waals surface area contributed by atoms with E-state index in [4.69, 9.17) is 28.3 Å². The number of oxazole rings is 2. The number of likely N-dealkylation sites (tertiary alicyclic amines) is 2. The number of benzene rings is 4. The number of rotatable bonds is 12. The van der Waals surface area contributed by atoms with Gasteiger partial charge in [-0.15, -0.1) is 0 Å². The maximum absolute atomic E-state index is 13.8. The fraction of sp³-hybridized carbons (Fsp3) is 0.357. The second kappa shape index (κ2) is 14.0. The number of aliphatic carboxylic acids is 1. The number of nitrogens with zero attached hydrogens (tertiary/aromatic N) is 4. The zero-order chi connectivity index (χ0) is 40.7. The van der Waals surface area contributed by atoms with Gasteiger partial charge in [0.2, 0.25) is 11.8 Å². The van der Waals surface area contributed by atoms with E-state index < -0.39 is 36.6 Å². The van der Waals surface area contributed by atoms with Gasteiger partial charge in [-0.05, 0) is 79.8 Å². The van der Waals surface area contributed by atoms with Crippen LogP contribution in [0.4, 0.5) is 26.3 Å². The van der Waals surface area contributed by atoms with Crippen LogP contribution in [-0.4, -0.2) is 75.7 Å². The summed E-state index contributed by atoms with van der Waals surface area (Å²) < 4.78 is 103. The molecule has 0 unspecified atom stereocenters. The van der Waals surface area contributed by atoms with E-state index in [1.165, 1.54) is 12.1 Å². The number of alkyl halides is 6. The highest BCUT2D eigenvalue weighted by atomic mass is 19.3. The van der Waals surface area contributed by atoms with E-state index in [1.807, 2.05) is 50.2 Å². The molecule has 2 aliphatic heterocycles. The summed E-state index contributed by atoms with van der Waals surface area (Å²) in [4.78, 5) is 24.7. The molecule has 4 heterocycles. The maximum Gasteiger partial charge on any atom is 0.387 e. The van der Waals surface area contributed by atoms with Crippen molar-refractivity contribution in [2.45, 2.75) is 71.4 Å². The predicted octanol–water partition coefficient (Wildman–Crippen LogP) is 9.68. The summed E-state index contributed by atoms with van der Waals surface area (Å²) in [5.74, 6) is -3.42. The van der Waals surface area contributed by atoms with Crippen LogP contribution in [0.2, 0.25) is 0 Å². The first kappa shape index (κ1) is 37.9. The molecule has 16 heteroatoms. The monoisotopic (exact) mass is 806 g/mol. The summed E-state index contributed by atoms with van der Waals surface area (Å²) in [5, 5.41) is 9.66. The van der Waals surface area contributed by atoms with E-state index in [1.54, 1.807) is 21.9 Å². The van der Waals surface area contributed by atoms with E-state index in [2.05, 4.69) is 0 Å². The highest BCUT2D eigenvalue weighted by Gasteiger charge is 2.75. The van der Waals surface area contributed by atoms with Crippen molar-refractivity contribution in [2.24, 2.45) is 5.41 Å². The molecule has 1 spiro atoms. The molecular formula is C42H36F6N4O6. The average molecular weight is 807 g/mol. The van der Waals surface area contributed by atoms with Crippen molar-refractivity contribution in [3.05, 3.63) is 82.9 Å². The third-order valence-corrected chi connectivity index (χ3v) is 11.7. The number of hydrogen-bond donors (Lipinski definition) is 1. The molecule has 9 rings (SSSR count). The standard InChI is InChI=1S/C42H36F6N4O6/c1-21-25(6-3-8-27(21)36-49-29-12-23(32(57-39(43)44)14-34(29)55-36)16-51-19-41(20-51)18-42(41,47)48)26-7-4-9-28(22(26)2)37-50-30-13-24(17-52-11-5-10-31(52)38(53)54)33(58-40(45)46)15-35(30)56-37/h3-4,6-9,12-15,31,39-40H,5,10-11,16-20H2,1-2H3,(H,53,54)/t31-/m0/s1. The summed E-state index contributed by atoms with van der Waals surface area (Å²) in [7, 11) is 0. The Bertz CT molecular complexity index is 2580. The molecule has 3 fully saturated rings. The van der Waals surface area contributed by atoms with Gasteiger partial charge in [-0.2, -0.15) is 17.6 Å². The van der Waals surface area contributed by atoms with E-state index >= 15 is 0 Å². The van der Waals surface area contributed by atoms with Crippen molar-refractivity contribution < 1.29 is 54.6 Å². The zero-order valence-electron chi connectivity index (χ0n) is 31.2. The quantitative estimate of drug-likeness (QED) is 0.120. The van der Waals surface area contributed by atoms with Gasteiger partial charge in [-0.25, -0.2) is 18.7 Å². The Morgan fingerprint density at radius 2 is 1.29 bits per heavy atom. The first-order valence-electron chi connectivity index (χ1n) is 18.7. The van der Waals surface area contributed by atoms with Crippen molar-refractivity contribution in [3.8, 4) is 45.5 Å². The summed E-state index contributed by atoms with van der Waals surface area (Å²) in [6, 6.07) is 16.3. The minimum absolute atomic E-state index is 0.0795. The van der Waals surface area contributed by atoms with Crippen LogP contribution >= 0.6 is 0 Å². The third-order valence-electron chi connectivity index (χ3n) is 11.7. The highest BCUT2D eigenvalue weighted by molar-refractivity contribution is 5.85. The fourth-order valence-electron chi connectivity index (χ4n) is 8.60. The Balaban J connectivity index is 1.02. The third kappa shape index (κ3) is 6.71. The van der Waals surface area contributed by atoms with E-state index in [0.29, 0.717) is 52.7 Å². The number of halogens is 6. The second-order valence-electron chi connectivity index (χ2n) is 15.4. The van der Waals surface area contributed by atoms with Crippen LogP contribution in [0.5, 0.6) is 11.5 Å². The molecule has 2 aromatic heterocycles. The number of ether oxygens (including phenoxy) is 2. The average Bonchev–Trinajstić information content (AvgIpc) is 3.62. The van der Waals surface area contributed by atoms with Crippen LogP contribution in [0.1, 0.15) is 41.5 Å². The molecule has 0 amide bonds. The SMILES string of the molecule is Cc1c(-c2nc3cc(CN4CC5(C4)CC5(F)F)c(OC(F)F)cc3o2)cccc1-c1cccc(-c2nc3cc(CN4CCC[C@H]4C(=O)O)c(OC(F)F)cc3o2)c1C. The Kier molecular flexibility index (Phi) is 9.19. The minimum Gasteiger partial charge on any atom is -0.480 e. The molecule has 58 heavy (non-hydrogen) atoms. The van der Waals surface area contributed by atoms with Gasteiger partial charge in [-0.1, -0.05) is 24.3 Å². The topological polar surface area (TPSA) is 114 Å². The lowest BCUT2D eigenvalue weighted by Gasteiger charge is -2.40. The molecule has 1 aliphatic carbocycles. The second-order valence-corrected chi connectivity index (χ2v) is 15.4. The molecule has 1 atom stereocenters. The predicted molar refractivity (Wildman–Crippen MR) is 199 cm³/mol. The molecule has 302 valence electrons. The summed E-state index contributed by atoms with van der Waals surface area (Å²) >= 11 is 0. The number of hydrogen-bond acceptors (Lipinski definition) is 9. The number of carboxylic acid groups (broad SMARTS) is 1. The Morgan fingerprint density at radius 3 is 1.76 bits per heavy atom. The number of carbonyl (C=O) groups is 1. The molecule has 3 aliphatic rings. The van der Waals surface area contributed by atoms with Gasteiger partial charge in [0.05, 0.1) is 5.41 Å². The van der Waals surface area contributed by atoms with E-state index in [0.717, 1.165) is 22.3 Å². The van der Waals surface area contributed by atoms with Gasteiger partial charge in [0.1, 0.15) is 28.6 Å². The van der Waals surface area contributed by atoms with Crippen molar-refractivity contribution >= 4 is 28.2 Å². The lowest BCUT2D eigenvalue weighted by molar-refractivity contribution is -0.142. The van der Waals surface area contributed by atoms with E-state index in [9.17, 15) is 36.2 Å². The lowest BCUT2D eigenvalue weighted by atomic mass is 9.91. The molecule has 0 bridgehead atoms. The molecule has 2 saturated heterocycles. The highest BCUT2D eigenvalue weighted by Crippen LogP contribution is 2.65. The summed E-state index contributed by atoms with van der Waals surface area (Å²) in [6.07, 6.45) is 0.960. The molecule has 1 saturated carbocycles. The van der Waals surface area contributed by atoms with Crippen LogP contribution in [0.25, 0.3) is 56.2 Å². The number of carboxylic acids is 1. The van der Waals surface area contributed by atoms with Crippen molar-refractivity contribution in [2.75, 3.05) is 19.6 Å². The van der Waals surface area contributed by atoms with Gasteiger partial charge in [0.25, 0.3) is 5.92 Å². The minimum atomic E-state index is -3.11. The molecule has 6 aromatic rings. The van der Waals surface area contributed by atoms with Crippen LogP contribution in [0.15, 0.2) is 69.5 Å². The Morgan fingerprint density at radius 1 is 0.810 bits per heavy atom. The van der Waals surface area contributed by atoms with Crippen molar-refractivity contribution in [3.63, 3.8) is 0 Å². The van der Waals surface area contributed by atoms with Crippen LogP contribution in [0.3, 0.4) is 0 Å².